The Labute approximate surface area is 112 Å². The number of aliphatic imine (C=N–C) groups is 1. The van der Waals surface area contributed by atoms with Crippen LogP contribution in [0.25, 0.3) is 0 Å². The highest BCUT2D eigenvalue weighted by atomic mass is 79.9. The molecular formula is C8H7Br2F2N3S. The Bertz CT molecular complexity index is 417. The fourth-order valence-electron chi connectivity index (χ4n) is 0.900. The van der Waals surface area contributed by atoms with Crippen molar-refractivity contribution in [2.45, 2.75) is 13.0 Å². The van der Waals surface area contributed by atoms with Crippen LogP contribution in [0.4, 0.5) is 8.78 Å². The SMILES string of the molecule is NC=C(C=NC(F)F)Cc1sc(Br)nc1Br. The monoisotopic (exact) mass is 373 g/mol. The molecule has 0 saturated heterocycles. The van der Waals surface area contributed by atoms with Crippen LogP contribution >= 0.6 is 43.2 Å². The molecule has 1 rings (SSSR count). The Hall–Kier alpha value is -0.340. The van der Waals surface area contributed by atoms with Gasteiger partial charge < -0.3 is 5.73 Å². The zero-order valence-corrected chi connectivity index (χ0v) is 11.8. The van der Waals surface area contributed by atoms with E-state index >= 15 is 0 Å². The molecule has 16 heavy (non-hydrogen) atoms. The molecule has 0 radical (unpaired) electrons. The average molecular weight is 375 g/mol. The summed E-state index contributed by atoms with van der Waals surface area (Å²) in [5, 5.41) is 0. The second-order valence-corrected chi connectivity index (χ2v) is 5.77. The van der Waals surface area contributed by atoms with Gasteiger partial charge in [0.2, 0.25) is 0 Å². The maximum absolute atomic E-state index is 11.9. The number of aromatic nitrogens is 1. The summed E-state index contributed by atoms with van der Waals surface area (Å²) in [7, 11) is 0. The van der Waals surface area contributed by atoms with Crippen molar-refractivity contribution in [2.24, 2.45) is 10.7 Å². The molecule has 0 aliphatic heterocycles. The van der Waals surface area contributed by atoms with Crippen molar-refractivity contribution in [2.75, 3.05) is 0 Å². The van der Waals surface area contributed by atoms with Gasteiger partial charge in [0.15, 0.2) is 3.92 Å². The Morgan fingerprint density at radius 3 is 2.69 bits per heavy atom. The van der Waals surface area contributed by atoms with Crippen LogP contribution in [0.3, 0.4) is 0 Å². The van der Waals surface area contributed by atoms with E-state index in [-0.39, 0.29) is 0 Å². The minimum absolute atomic E-state index is 0.413. The summed E-state index contributed by atoms with van der Waals surface area (Å²) in [5.74, 6) is 0. The highest BCUT2D eigenvalue weighted by Crippen LogP contribution is 2.28. The summed E-state index contributed by atoms with van der Waals surface area (Å²) in [5.41, 5.74) is 5.83. The predicted octanol–water partition coefficient (Wildman–Crippen LogP) is 3.35. The van der Waals surface area contributed by atoms with Gasteiger partial charge in [-0.25, -0.2) is 9.98 Å². The standard InChI is InChI=1S/C8H7Br2F2N3S/c9-6-5(16-7(10)15-6)1-4(2-13)3-14-8(11)12/h2-3,8H,1,13H2. The molecule has 0 aromatic carbocycles. The van der Waals surface area contributed by atoms with Crippen LogP contribution in [0.5, 0.6) is 0 Å². The lowest BCUT2D eigenvalue weighted by molar-refractivity contribution is 0.160. The minimum atomic E-state index is -2.72. The van der Waals surface area contributed by atoms with Crippen molar-refractivity contribution in [3.8, 4) is 0 Å². The van der Waals surface area contributed by atoms with Gasteiger partial charge in [-0.15, -0.1) is 11.3 Å². The molecule has 0 aliphatic rings. The molecule has 1 aromatic rings. The molecule has 88 valence electrons. The average Bonchev–Trinajstić information content (AvgIpc) is 2.51. The first kappa shape index (κ1) is 13.7. The van der Waals surface area contributed by atoms with Crippen LogP contribution < -0.4 is 5.73 Å². The van der Waals surface area contributed by atoms with E-state index in [2.05, 4.69) is 41.8 Å². The number of hydrogen-bond acceptors (Lipinski definition) is 4. The van der Waals surface area contributed by atoms with E-state index in [1.165, 1.54) is 17.5 Å². The van der Waals surface area contributed by atoms with Gasteiger partial charge in [0.1, 0.15) is 4.60 Å². The normalized spacial score (nSPS) is 12.9. The summed E-state index contributed by atoms with van der Waals surface area (Å²) in [6, 6.07) is 0. The van der Waals surface area contributed by atoms with Crippen molar-refractivity contribution >= 4 is 49.4 Å². The molecule has 2 N–H and O–H groups in total. The first-order valence-corrected chi connectivity index (χ1v) is 6.46. The van der Waals surface area contributed by atoms with Gasteiger partial charge in [0.05, 0.1) is 0 Å². The van der Waals surface area contributed by atoms with E-state index in [1.807, 2.05) is 0 Å². The van der Waals surface area contributed by atoms with E-state index in [1.54, 1.807) is 0 Å². The summed E-state index contributed by atoms with van der Waals surface area (Å²) in [6.45, 7) is -2.72. The fraction of sp³-hybridized carbons (Fsp3) is 0.250. The van der Waals surface area contributed by atoms with Gasteiger partial charge in [-0.1, -0.05) is 0 Å². The Kier molecular flexibility index (Phi) is 5.50. The molecule has 8 heteroatoms. The molecule has 1 heterocycles. The largest absolute Gasteiger partial charge is 0.404 e. The van der Waals surface area contributed by atoms with Gasteiger partial charge in [0.25, 0.3) is 0 Å². The number of nitrogens with two attached hydrogens (primary N) is 1. The Balaban J connectivity index is 2.75. The van der Waals surface area contributed by atoms with Gasteiger partial charge >= 0.3 is 6.55 Å². The van der Waals surface area contributed by atoms with Crippen LogP contribution in [0.2, 0.25) is 0 Å². The van der Waals surface area contributed by atoms with Crippen molar-refractivity contribution in [3.63, 3.8) is 0 Å². The number of nitrogens with zero attached hydrogens (tertiary/aromatic N) is 2. The quantitative estimate of drug-likeness (QED) is 0.649. The second kappa shape index (κ2) is 6.41. The summed E-state index contributed by atoms with van der Waals surface area (Å²) < 4.78 is 25.1. The van der Waals surface area contributed by atoms with Crippen LogP contribution in [0, 0.1) is 0 Å². The fourth-order valence-corrected chi connectivity index (χ4v) is 3.29. The number of halogens is 4. The van der Waals surface area contributed by atoms with Crippen LogP contribution in [-0.2, 0) is 6.42 Å². The van der Waals surface area contributed by atoms with Crippen molar-refractivity contribution in [1.29, 1.82) is 0 Å². The van der Waals surface area contributed by atoms with E-state index in [0.29, 0.717) is 16.6 Å². The first-order valence-electron chi connectivity index (χ1n) is 4.05. The predicted molar refractivity (Wildman–Crippen MR) is 68.0 cm³/mol. The lowest BCUT2D eigenvalue weighted by Gasteiger charge is -1.98. The summed E-state index contributed by atoms with van der Waals surface area (Å²) >= 11 is 7.90. The van der Waals surface area contributed by atoms with Crippen LogP contribution in [0.15, 0.2) is 25.3 Å². The maximum Gasteiger partial charge on any atom is 0.331 e. The van der Waals surface area contributed by atoms with Gasteiger partial charge in [-0.2, -0.15) is 8.78 Å². The Morgan fingerprint density at radius 1 is 1.56 bits per heavy atom. The van der Waals surface area contributed by atoms with E-state index in [4.69, 9.17) is 5.73 Å². The topological polar surface area (TPSA) is 51.3 Å². The van der Waals surface area contributed by atoms with E-state index in [0.717, 1.165) is 15.0 Å². The third kappa shape index (κ3) is 4.26. The molecular weight excluding hydrogens is 368 g/mol. The third-order valence-corrected chi connectivity index (χ3v) is 3.98. The van der Waals surface area contributed by atoms with E-state index < -0.39 is 6.55 Å². The highest BCUT2D eigenvalue weighted by Gasteiger charge is 2.08. The number of allylic oxidation sites excluding steroid dienone is 1. The van der Waals surface area contributed by atoms with Gasteiger partial charge in [-0.3, -0.25) is 0 Å². The minimum Gasteiger partial charge on any atom is -0.404 e. The number of rotatable bonds is 4. The molecule has 0 aliphatic carbocycles. The molecule has 0 spiro atoms. The molecule has 0 fully saturated rings. The second-order valence-electron chi connectivity index (χ2n) is 2.65. The van der Waals surface area contributed by atoms with Crippen LogP contribution in [0.1, 0.15) is 4.88 Å². The zero-order chi connectivity index (χ0) is 12.1. The third-order valence-electron chi connectivity index (χ3n) is 1.56. The Morgan fingerprint density at radius 2 is 2.25 bits per heavy atom. The van der Waals surface area contributed by atoms with Gasteiger partial charge in [-0.05, 0) is 43.6 Å². The number of alkyl halides is 2. The van der Waals surface area contributed by atoms with Crippen molar-refractivity contribution in [3.05, 3.63) is 25.2 Å². The first-order chi connectivity index (χ1) is 7.52. The van der Waals surface area contributed by atoms with Crippen molar-refractivity contribution < 1.29 is 8.78 Å². The lowest BCUT2D eigenvalue weighted by atomic mass is 10.2. The number of thiazole rings is 1. The van der Waals surface area contributed by atoms with Crippen LogP contribution in [-0.4, -0.2) is 17.7 Å². The molecule has 0 saturated carbocycles. The highest BCUT2D eigenvalue weighted by molar-refractivity contribution is 9.11. The van der Waals surface area contributed by atoms with Crippen molar-refractivity contribution in [1.82, 2.24) is 4.98 Å². The molecule has 3 nitrogen and oxygen atoms in total. The molecule has 0 unspecified atom stereocenters. The smallest absolute Gasteiger partial charge is 0.331 e. The maximum atomic E-state index is 11.9. The van der Waals surface area contributed by atoms with E-state index in [9.17, 15) is 8.78 Å². The molecule has 0 amide bonds. The summed E-state index contributed by atoms with van der Waals surface area (Å²) in [6.07, 6.45) is 2.74. The number of hydrogen-bond donors (Lipinski definition) is 1. The summed E-state index contributed by atoms with van der Waals surface area (Å²) in [4.78, 5) is 7.96. The molecule has 0 bridgehead atoms. The zero-order valence-electron chi connectivity index (χ0n) is 7.83. The molecule has 0 atom stereocenters. The van der Waals surface area contributed by atoms with Gasteiger partial charge in [0, 0.05) is 17.5 Å². The molecule has 1 aromatic heterocycles. The lowest BCUT2D eigenvalue weighted by Crippen LogP contribution is -1.97.